The maximum Gasteiger partial charge on any atom is 0.317 e. The number of aliphatic carboxylic acids is 1. The average Bonchev–Trinajstić information content (AvgIpc) is 2.61. The first kappa shape index (κ1) is 19.5. The van der Waals surface area contributed by atoms with E-state index in [0.29, 0.717) is 18.0 Å². The van der Waals surface area contributed by atoms with Gasteiger partial charge in [0.2, 0.25) is 5.91 Å². The molecular formula is C20H24N2O4. The molecule has 0 bridgehead atoms. The van der Waals surface area contributed by atoms with E-state index in [0.717, 1.165) is 5.56 Å². The first-order valence-electron chi connectivity index (χ1n) is 8.46. The molecule has 2 rings (SSSR count). The number of hydrogen-bond donors (Lipinski definition) is 2. The smallest absolute Gasteiger partial charge is 0.317 e. The van der Waals surface area contributed by atoms with Gasteiger partial charge in [-0.05, 0) is 43.7 Å². The SMILES string of the molecule is CC(C)N(CC(=O)O)CC(=O)Nc1ccc(OCc2ccccc2)cc1. The number of ether oxygens (including phenoxy) is 1. The zero-order valence-electron chi connectivity index (χ0n) is 15.0. The highest BCUT2D eigenvalue weighted by Crippen LogP contribution is 2.17. The summed E-state index contributed by atoms with van der Waals surface area (Å²) in [6, 6.07) is 16.9. The summed E-state index contributed by atoms with van der Waals surface area (Å²) in [6.45, 7) is 4.04. The normalized spacial score (nSPS) is 10.8. The van der Waals surface area contributed by atoms with Crippen LogP contribution in [-0.4, -0.2) is 41.0 Å². The van der Waals surface area contributed by atoms with Gasteiger partial charge in [-0.2, -0.15) is 0 Å². The quantitative estimate of drug-likeness (QED) is 0.722. The van der Waals surface area contributed by atoms with Gasteiger partial charge < -0.3 is 15.2 Å². The van der Waals surface area contributed by atoms with Gasteiger partial charge in [0, 0.05) is 11.7 Å². The van der Waals surface area contributed by atoms with Crippen molar-refractivity contribution in [3.8, 4) is 5.75 Å². The minimum absolute atomic E-state index is 0.0240. The summed E-state index contributed by atoms with van der Waals surface area (Å²) in [5, 5.41) is 11.7. The van der Waals surface area contributed by atoms with Crippen molar-refractivity contribution in [2.75, 3.05) is 18.4 Å². The highest BCUT2D eigenvalue weighted by molar-refractivity contribution is 5.92. The molecule has 6 nitrogen and oxygen atoms in total. The van der Waals surface area contributed by atoms with E-state index in [1.54, 1.807) is 29.2 Å². The third kappa shape index (κ3) is 6.57. The molecule has 0 saturated heterocycles. The van der Waals surface area contributed by atoms with Gasteiger partial charge in [0.1, 0.15) is 12.4 Å². The van der Waals surface area contributed by atoms with Crippen molar-refractivity contribution in [2.24, 2.45) is 0 Å². The lowest BCUT2D eigenvalue weighted by atomic mass is 10.2. The molecule has 0 heterocycles. The topological polar surface area (TPSA) is 78.9 Å². The lowest BCUT2D eigenvalue weighted by molar-refractivity contribution is -0.139. The number of anilines is 1. The Bertz CT molecular complexity index is 714. The highest BCUT2D eigenvalue weighted by atomic mass is 16.5. The van der Waals surface area contributed by atoms with Gasteiger partial charge in [-0.3, -0.25) is 14.5 Å². The monoisotopic (exact) mass is 356 g/mol. The van der Waals surface area contributed by atoms with Crippen LogP contribution in [0.25, 0.3) is 0 Å². The summed E-state index contributed by atoms with van der Waals surface area (Å²) in [7, 11) is 0. The van der Waals surface area contributed by atoms with Gasteiger partial charge in [0.05, 0.1) is 13.1 Å². The zero-order valence-corrected chi connectivity index (χ0v) is 15.0. The minimum atomic E-state index is -0.952. The molecule has 0 aromatic heterocycles. The van der Waals surface area contributed by atoms with Crippen LogP contribution in [0.1, 0.15) is 19.4 Å². The molecule has 0 spiro atoms. The van der Waals surface area contributed by atoms with Crippen LogP contribution in [-0.2, 0) is 16.2 Å². The Labute approximate surface area is 153 Å². The van der Waals surface area contributed by atoms with Gasteiger partial charge in [-0.15, -0.1) is 0 Å². The molecule has 2 N–H and O–H groups in total. The molecule has 2 aromatic rings. The minimum Gasteiger partial charge on any atom is -0.489 e. The molecule has 0 fully saturated rings. The first-order valence-corrected chi connectivity index (χ1v) is 8.46. The van der Waals surface area contributed by atoms with E-state index in [-0.39, 0.29) is 25.0 Å². The van der Waals surface area contributed by atoms with Gasteiger partial charge in [-0.1, -0.05) is 30.3 Å². The molecule has 0 radical (unpaired) electrons. The van der Waals surface area contributed by atoms with Crippen LogP contribution in [0.5, 0.6) is 5.75 Å². The fraction of sp³-hybridized carbons (Fsp3) is 0.300. The summed E-state index contributed by atoms with van der Waals surface area (Å²) in [6.07, 6.45) is 0. The summed E-state index contributed by atoms with van der Waals surface area (Å²) in [4.78, 5) is 24.6. The lowest BCUT2D eigenvalue weighted by Crippen LogP contribution is -2.41. The van der Waals surface area contributed by atoms with E-state index in [9.17, 15) is 9.59 Å². The Morgan fingerprint density at radius 2 is 1.69 bits per heavy atom. The number of carboxylic acids is 1. The number of rotatable bonds is 9. The number of nitrogens with zero attached hydrogens (tertiary/aromatic N) is 1. The molecule has 0 atom stereocenters. The average molecular weight is 356 g/mol. The molecule has 2 aromatic carbocycles. The van der Waals surface area contributed by atoms with Crippen molar-refractivity contribution in [3.05, 3.63) is 60.2 Å². The Morgan fingerprint density at radius 1 is 1.04 bits per heavy atom. The van der Waals surface area contributed by atoms with Gasteiger partial charge in [-0.25, -0.2) is 0 Å². The first-order chi connectivity index (χ1) is 12.4. The predicted octanol–water partition coefficient (Wildman–Crippen LogP) is 3.00. The second-order valence-electron chi connectivity index (χ2n) is 6.24. The Balaban J connectivity index is 1.85. The molecular weight excluding hydrogens is 332 g/mol. The van der Waals surface area contributed by atoms with Crippen LogP contribution in [0.15, 0.2) is 54.6 Å². The van der Waals surface area contributed by atoms with E-state index < -0.39 is 5.97 Å². The van der Waals surface area contributed by atoms with Crippen molar-refractivity contribution < 1.29 is 19.4 Å². The van der Waals surface area contributed by atoms with Crippen LogP contribution in [0.3, 0.4) is 0 Å². The maximum absolute atomic E-state index is 12.1. The molecule has 0 saturated carbocycles. The number of amides is 1. The second kappa shape index (κ2) is 9.58. The predicted molar refractivity (Wildman–Crippen MR) is 100 cm³/mol. The summed E-state index contributed by atoms with van der Waals surface area (Å²) in [5.41, 5.74) is 1.72. The van der Waals surface area contributed by atoms with Crippen molar-refractivity contribution in [1.29, 1.82) is 0 Å². The molecule has 138 valence electrons. The number of carbonyl (C=O) groups is 2. The summed E-state index contributed by atoms with van der Waals surface area (Å²) >= 11 is 0. The van der Waals surface area contributed by atoms with E-state index >= 15 is 0 Å². The van der Waals surface area contributed by atoms with Gasteiger partial charge in [0.15, 0.2) is 0 Å². The van der Waals surface area contributed by atoms with E-state index in [1.165, 1.54) is 0 Å². The third-order valence-electron chi connectivity index (χ3n) is 3.80. The molecule has 0 aliphatic rings. The Kier molecular flexibility index (Phi) is 7.17. The largest absolute Gasteiger partial charge is 0.489 e. The molecule has 0 unspecified atom stereocenters. The molecule has 0 aliphatic heterocycles. The van der Waals surface area contributed by atoms with Crippen molar-refractivity contribution in [1.82, 2.24) is 4.90 Å². The Morgan fingerprint density at radius 3 is 2.27 bits per heavy atom. The fourth-order valence-electron chi connectivity index (χ4n) is 2.36. The van der Waals surface area contributed by atoms with Crippen molar-refractivity contribution in [3.63, 3.8) is 0 Å². The molecule has 1 amide bonds. The standard InChI is InChI=1S/C20H24N2O4/c1-15(2)22(13-20(24)25)12-19(23)21-17-8-10-18(11-9-17)26-14-16-6-4-3-5-7-16/h3-11,15H,12-14H2,1-2H3,(H,21,23)(H,24,25). The van der Waals surface area contributed by atoms with Crippen LogP contribution in [0, 0.1) is 0 Å². The number of carbonyl (C=O) groups excluding carboxylic acids is 1. The number of benzene rings is 2. The number of hydrogen-bond acceptors (Lipinski definition) is 4. The van der Waals surface area contributed by atoms with Crippen LogP contribution < -0.4 is 10.1 Å². The highest BCUT2D eigenvalue weighted by Gasteiger charge is 2.17. The summed E-state index contributed by atoms with van der Waals surface area (Å²) in [5.74, 6) is -0.495. The number of carboxylic acid groups (broad SMARTS) is 1. The number of nitrogens with one attached hydrogen (secondary N) is 1. The van der Waals surface area contributed by atoms with Crippen molar-refractivity contribution >= 4 is 17.6 Å². The van der Waals surface area contributed by atoms with E-state index in [2.05, 4.69) is 5.32 Å². The molecule has 26 heavy (non-hydrogen) atoms. The Hall–Kier alpha value is -2.86. The maximum atomic E-state index is 12.1. The molecule has 6 heteroatoms. The third-order valence-corrected chi connectivity index (χ3v) is 3.80. The van der Waals surface area contributed by atoms with Crippen LogP contribution in [0.2, 0.25) is 0 Å². The van der Waals surface area contributed by atoms with Gasteiger partial charge in [0.25, 0.3) is 0 Å². The molecule has 0 aliphatic carbocycles. The zero-order chi connectivity index (χ0) is 18.9. The van der Waals surface area contributed by atoms with Crippen LogP contribution >= 0.6 is 0 Å². The van der Waals surface area contributed by atoms with Crippen molar-refractivity contribution in [2.45, 2.75) is 26.5 Å². The summed E-state index contributed by atoms with van der Waals surface area (Å²) < 4.78 is 5.71. The second-order valence-corrected chi connectivity index (χ2v) is 6.24. The van der Waals surface area contributed by atoms with E-state index in [1.807, 2.05) is 44.2 Å². The van der Waals surface area contributed by atoms with E-state index in [4.69, 9.17) is 9.84 Å². The fourth-order valence-corrected chi connectivity index (χ4v) is 2.36. The van der Waals surface area contributed by atoms with Gasteiger partial charge >= 0.3 is 5.97 Å². The van der Waals surface area contributed by atoms with Crippen LogP contribution in [0.4, 0.5) is 5.69 Å². The lowest BCUT2D eigenvalue weighted by Gasteiger charge is -2.23.